The van der Waals surface area contributed by atoms with Gasteiger partial charge in [-0.2, -0.15) is 0 Å². The molecule has 3 unspecified atom stereocenters. The third-order valence-corrected chi connectivity index (χ3v) is 4.00. The molecule has 0 heterocycles. The number of rotatable bonds is 6. The Kier molecular flexibility index (Phi) is 6.31. The molecule has 1 rings (SSSR count). The molecular weight excluding hydrogens is 184 g/mol. The van der Waals surface area contributed by atoms with Crippen molar-refractivity contribution in [2.75, 3.05) is 0 Å². The topological polar surface area (TPSA) is 20.2 Å². The summed E-state index contributed by atoms with van der Waals surface area (Å²) in [6, 6.07) is 0. The Morgan fingerprint density at radius 3 is 2.53 bits per heavy atom. The molecule has 3 atom stereocenters. The van der Waals surface area contributed by atoms with Crippen molar-refractivity contribution >= 4 is 0 Å². The van der Waals surface area contributed by atoms with Crippen molar-refractivity contribution in [2.24, 2.45) is 11.8 Å². The highest BCUT2D eigenvalue weighted by atomic mass is 16.3. The molecule has 0 amide bonds. The van der Waals surface area contributed by atoms with E-state index >= 15 is 0 Å². The van der Waals surface area contributed by atoms with Crippen LogP contribution >= 0.6 is 0 Å². The highest BCUT2D eigenvalue weighted by molar-refractivity contribution is 4.73. The van der Waals surface area contributed by atoms with Crippen molar-refractivity contribution in [1.29, 1.82) is 0 Å². The van der Waals surface area contributed by atoms with Crippen molar-refractivity contribution in [3.8, 4) is 0 Å². The molecular formula is C14H28O. The molecule has 90 valence electrons. The maximum Gasteiger partial charge on any atom is 0.0540 e. The molecule has 0 aromatic carbocycles. The zero-order chi connectivity index (χ0) is 11.1. The fourth-order valence-corrected chi connectivity index (χ4v) is 2.94. The molecule has 0 aromatic heterocycles. The standard InChI is InChI=1S/C14H28O/c1-3-6-14(15)10-9-13-8-5-7-12(4-2)11-13/h12-15H,3-11H2,1-2H3. The van der Waals surface area contributed by atoms with Gasteiger partial charge >= 0.3 is 0 Å². The highest BCUT2D eigenvalue weighted by Crippen LogP contribution is 2.33. The van der Waals surface area contributed by atoms with Crippen LogP contribution in [0.2, 0.25) is 0 Å². The molecule has 0 aliphatic heterocycles. The van der Waals surface area contributed by atoms with Gasteiger partial charge in [0, 0.05) is 0 Å². The fraction of sp³-hybridized carbons (Fsp3) is 1.00. The Hall–Kier alpha value is -0.0400. The molecule has 1 nitrogen and oxygen atoms in total. The normalized spacial score (nSPS) is 29.0. The molecule has 1 heteroatoms. The summed E-state index contributed by atoms with van der Waals surface area (Å²) < 4.78 is 0. The molecule has 15 heavy (non-hydrogen) atoms. The Labute approximate surface area is 95.3 Å². The Morgan fingerprint density at radius 1 is 1.13 bits per heavy atom. The third-order valence-electron chi connectivity index (χ3n) is 4.00. The van der Waals surface area contributed by atoms with E-state index in [1.807, 2.05) is 0 Å². The lowest BCUT2D eigenvalue weighted by molar-refractivity contribution is 0.134. The van der Waals surface area contributed by atoms with E-state index < -0.39 is 0 Å². The molecule has 0 saturated heterocycles. The second kappa shape index (κ2) is 7.27. The molecule has 0 radical (unpaired) electrons. The Bertz CT molecular complexity index is 155. The molecule has 1 aliphatic rings. The predicted molar refractivity (Wildman–Crippen MR) is 65.9 cm³/mol. The number of hydrogen-bond acceptors (Lipinski definition) is 1. The lowest BCUT2D eigenvalue weighted by Gasteiger charge is -2.29. The minimum atomic E-state index is -0.0306. The van der Waals surface area contributed by atoms with Gasteiger partial charge in [-0.3, -0.25) is 0 Å². The van der Waals surface area contributed by atoms with Gasteiger partial charge in [0.05, 0.1) is 6.10 Å². The highest BCUT2D eigenvalue weighted by Gasteiger charge is 2.20. The largest absolute Gasteiger partial charge is 0.393 e. The minimum Gasteiger partial charge on any atom is -0.393 e. The van der Waals surface area contributed by atoms with Gasteiger partial charge in [0.15, 0.2) is 0 Å². The van der Waals surface area contributed by atoms with E-state index in [4.69, 9.17) is 0 Å². The molecule has 1 aliphatic carbocycles. The summed E-state index contributed by atoms with van der Waals surface area (Å²) >= 11 is 0. The van der Waals surface area contributed by atoms with Crippen LogP contribution in [0.3, 0.4) is 0 Å². The van der Waals surface area contributed by atoms with E-state index in [0.29, 0.717) is 0 Å². The predicted octanol–water partition coefficient (Wildman–Crippen LogP) is 4.14. The van der Waals surface area contributed by atoms with E-state index in [9.17, 15) is 5.11 Å². The van der Waals surface area contributed by atoms with E-state index in [1.165, 1.54) is 38.5 Å². The van der Waals surface area contributed by atoms with Gasteiger partial charge in [-0.15, -0.1) is 0 Å². The summed E-state index contributed by atoms with van der Waals surface area (Å²) in [5, 5.41) is 9.70. The van der Waals surface area contributed by atoms with Crippen LogP contribution < -0.4 is 0 Å². The number of aliphatic hydroxyl groups excluding tert-OH is 1. The summed E-state index contributed by atoms with van der Waals surface area (Å²) in [5.74, 6) is 1.89. The summed E-state index contributed by atoms with van der Waals surface area (Å²) in [6.07, 6.45) is 11.4. The van der Waals surface area contributed by atoms with Gasteiger partial charge in [-0.25, -0.2) is 0 Å². The average molecular weight is 212 g/mol. The monoisotopic (exact) mass is 212 g/mol. The first-order chi connectivity index (χ1) is 7.26. The molecule has 1 saturated carbocycles. The third kappa shape index (κ3) is 5.01. The smallest absolute Gasteiger partial charge is 0.0540 e. The van der Waals surface area contributed by atoms with Crippen LogP contribution in [0.4, 0.5) is 0 Å². The molecule has 1 N–H and O–H groups in total. The van der Waals surface area contributed by atoms with Crippen LogP contribution in [-0.4, -0.2) is 11.2 Å². The number of hydrogen-bond donors (Lipinski definition) is 1. The fourth-order valence-electron chi connectivity index (χ4n) is 2.94. The minimum absolute atomic E-state index is 0.0306. The van der Waals surface area contributed by atoms with Crippen molar-refractivity contribution < 1.29 is 5.11 Å². The Morgan fingerprint density at radius 2 is 1.87 bits per heavy atom. The van der Waals surface area contributed by atoms with Gasteiger partial charge in [0.25, 0.3) is 0 Å². The van der Waals surface area contributed by atoms with Crippen molar-refractivity contribution in [2.45, 2.75) is 77.7 Å². The van der Waals surface area contributed by atoms with Crippen LogP contribution in [-0.2, 0) is 0 Å². The Balaban J connectivity index is 2.14. The van der Waals surface area contributed by atoms with Gasteiger partial charge in [0.1, 0.15) is 0 Å². The zero-order valence-electron chi connectivity index (χ0n) is 10.5. The second-order valence-electron chi connectivity index (χ2n) is 5.33. The first-order valence-corrected chi connectivity index (χ1v) is 6.94. The number of aliphatic hydroxyl groups is 1. The molecule has 0 spiro atoms. The van der Waals surface area contributed by atoms with Crippen LogP contribution in [0.1, 0.15) is 71.6 Å². The quantitative estimate of drug-likeness (QED) is 0.701. The maximum atomic E-state index is 9.70. The van der Waals surface area contributed by atoms with Gasteiger partial charge in [-0.05, 0) is 37.5 Å². The van der Waals surface area contributed by atoms with Crippen molar-refractivity contribution in [3.05, 3.63) is 0 Å². The van der Waals surface area contributed by atoms with Crippen molar-refractivity contribution in [1.82, 2.24) is 0 Å². The zero-order valence-corrected chi connectivity index (χ0v) is 10.5. The van der Waals surface area contributed by atoms with Crippen LogP contribution in [0.15, 0.2) is 0 Å². The molecule has 1 fully saturated rings. The SMILES string of the molecule is CCCC(O)CCC1CCCC(CC)C1. The van der Waals surface area contributed by atoms with Crippen LogP contribution in [0.25, 0.3) is 0 Å². The van der Waals surface area contributed by atoms with Crippen molar-refractivity contribution in [3.63, 3.8) is 0 Å². The van der Waals surface area contributed by atoms with E-state index in [2.05, 4.69) is 13.8 Å². The molecule has 0 aromatic rings. The first-order valence-electron chi connectivity index (χ1n) is 6.94. The van der Waals surface area contributed by atoms with Gasteiger partial charge in [-0.1, -0.05) is 46.0 Å². The summed E-state index contributed by atoms with van der Waals surface area (Å²) in [6.45, 7) is 4.47. The lowest BCUT2D eigenvalue weighted by atomic mass is 9.78. The van der Waals surface area contributed by atoms with Gasteiger partial charge < -0.3 is 5.11 Å². The lowest BCUT2D eigenvalue weighted by Crippen LogP contribution is -2.17. The average Bonchev–Trinajstić information content (AvgIpc) is 2.27. The summed E-state index contributed by atoms with van der Waals surface area (Å²) in [4.78, 5) is 0. The summed E-state index contributed by atoms with van der Waals surface area (Å²) in [7, 11) is 0. The van der Waals surface area contributed by atoms with E-state index in [-0.39, 0.29) is 6.10 Å². The molecule has 0 bridgehead atoms. The van der Waals surface area contributed by atoms with Gasteiger partial charge in [0.2, 0.25) is 0 Å². The maximum absolute atomic E-state index is 9.70. The second-order valence-corrected chi connectivity index (χ2v) is 5.33. The van der Waals surface area contributed by atoms with E-state index in [0.717, 1.165) is 31.1 Å². The first kappa shape index (κ1) is 13.0. The van der Waals surface area contributed by atoms with Crippen LogP contribution in [0, 0.1) is 11.8 Å². The van der Waals surface area contributed by atoms with E-state index in [1.54, 1.807) is 0 Å². The van der Waals surface area contributed by atoms with Crippen LogP contribution in [0.5, 0.6) is 0 Å². The summed E-state index contributed by atoms with van der Waals surface area (Å²) in [5.41, 5.74) is 0.